The Hall–Kier alpha value is -1.06. The van der Waals surface area contributed by atoms with Gasteiger partial charge < -0.3 is 4.98 Å². The maximum absolute atomic E-state index is 5.70. The van der Waals surface area contributed by atoms with Crippen LogP contribution in [0.3, 0.4) is 0 Å². The van der Waals surface area contributed by atoms with Crippen molar-refractivity contribution < 1.29 is 0 Å². The minimum Gasteiger partial charge on any atom is -0.354 e. The predicted molar refractivity (Wildman–Crippen MR) is 56.3 cm³/mol. The van der Waals surface area contributed by atoms with Gasteiger partial charge in [-0.3, -0.25) is 0 Å². The first-order valence-electron chi connectivity index (χ1n) is 4.02. The van der Waals surface area contributed by atoms with Crippen LogP contribution in [0, 0.1) is 0 Å². The minimum atomic E-state index is -0.549. The van der Waals surface area contributed by atoms with E-state index in [4.69, 9.17) is 23.2 Å². The van der Waals surface area contributed by atoms with Crippen molar-refractivity contribution in [3.8, 4) is 11.5 Å². The van der Waals surface area contributed by atoms with Crippen molar-refractivity contribution in [2.45, 2.75) is 4.84 Å². The molecule has 72 valence electrons. The van der Waals surface area contributed by atoms with Crippen LogP contribution in [0.1, 0.15) is 10.5 Å². The molecule has 2 aromatic heterocycles. The number of rotatable bonds is 2. The van der Waals surface area contributed by atoms with Gasteiger partial charge in [0.25, 0.3) is 0 Å². The van der Waals surface area contributed by atoms with Crippen molar-refractivity contribution in [3.63, 3.8) is 0 Å². The maximum Gasteiger partial charge on any atom is 0.175 e. The van der Waals surface area contributed by atoms with Crippen LogP contribution in [-0.2, 0) is 0 Å². The largest absolute Gasteiger partial charge is 0.354 e. The van der Waals surface area contributed by atoms with Crippen LogP contribution >= 0.6 is 23.2 Å². The molecule has 0 radical (unpaired) electrons. The van der Waals surface area contributed by atoms with Crippen LogP contribution in [-0.4, -0.2) is 15.0 Å². The number of H-pyrrole nitrogens is 1. The summed E-state index contributed by atoms with van der Waals surface area (Å²) < 4.78 is 0. The Morgan fingerprint density at radius 1 is 1.14 bits per heavy atom. The molecule has 0 aromatic carbocycles. The molecule has 0 spiro atoms. The van der Waals surface area contributed by atoms with Crippen LogP contribution in [0.25, 0.3) is 11.5 Å². The lowest BCUT2D eigenvalue weighted by atomic mass is 10.4. The Morgan fingerprint density at radius 3 is 2.43 bits per heavy atom. The molecule has 5 heteroatoms. The molecular weight excluding hydrogens is 221 g/mol. The first kappa shape index (κ1) is 9.49. The Bertz CT molecular complexity index is 411. The molecule has 1 N–H and O–H groups in total. The van der Waals surface area contributed by atoms with E-state index in [9.17, 15) is 0 Å². The smallest absolute Gasteiger partial charge is 0.175 e. The van der Waals surface area contributed by atoms with Crippen molar-refractivity contribution in [3.05, 3.63) is 36.3 Å². The third-order valence-corrected chi connectivity index (χ3v) is 2.22. The van der Waals surface area contributed by atoms with E-state index in [1.54, 1.807) is 18.5 Å². The highest BCUT2D eigenvalue weighted by atomic mass is 35.5. The number of nitrogens with zero attached hydrogens (tertiary/aromatic N) is 2. The second kappa shape index (κ2) is 3.98. The standard InChI is InChI=1S/C9H7Cl2N3/c10-8(11)6-2-3-7(14-6)9-12-4-1-5-13-9/h1-5,8,14H. The van der Waals surface area contributed by atoms with Gasteiger partial charge in [0.1, 0.15) is 4.84 Å². The molecule has 0 aliphatic heterocycles. The second-order valence-corrected chi connectivity index (χ2v) is 3.80. The van der Waals surface area contributed by atoms with Crippen molar-refractivity contribution in [2.75, 3.05) is 0 Å². The zero-order chi connectivity index (χ0) is 9.97. The second-order valence-electron chi connectivity index (χ2n) is 2.70. The van der Waals surface area contributed by atoms with Crippen molar-refractivity contribution in [2.24, 2.45) is 0 Å². The average Bonchev–Trinajstić information content (AvgIpc) is 2.68. The van der Waals surface area contributed by atoms with E-state index >= 15 is 0 Å². The zero-order valence-corrected chi connectivity index (χ0v) is 8.63. The SMILES string of the molecule is ClC(Cl)c1ccc(-c2ncccn2)[nH]1. The molecule has 14 heavy (non-hydrogen) atoms. The van der Waals surface area contributed by atoms with Crippen LogP contribution in [0.4, 0.5) is 0 Å². The van der Waals surface area contributed by atoms with Crippen molar-refractivity contribution in [1.82, 2.24) is 15.0 Å². The molecule has 0 unspecified atom stereocenters. The zero-order valence-electron chi connectivity index (χ0n) is 7.11. The summed E-state index contributed by atoms with van der Waals surface area (Å²) in [5.74, 6) is 0.632. The molecule has 0 fully saturated rings. The highest BCUT2D eigenvalue weighted by Gasteiger charge is 2.08. The van der Waals surface area contributed by atoms with E-state index in [0.717, 1.165) is 11.4 Å². The van der Waals surface area contributed by atoms with E-state index < -0.39 is 4.84 Å². The van der Waals surface area contributed by atoms with Gasteiger partial charge in [0, 0.05) is 18.1 Å². The first-order chi connectivity index (χ1) is 6.77. The molecule has 0 aliphatic rings. The number of alkyl halides is 2. The van der Waals surface area contributed by atoms with Gasteiger partial charge in [-0.05, 0) is 18.2 Å². The summed E-state index contributed by atoms with van der Waals surface area (Å²) in [6.07, 6.45) is 3.36. The topological polar surface area (TPSA) is 41.6 Å². The molecule has 0 aliphatic carbocycles. The molecule has 2 heterocycles. The van der Waals surface area contributed by atoms with E-state index in [-0.39, 0.29) is 0 Å². The van der Waals surface area contributed by atoms with Crippen LogP contribution in [0.5, 0.6) is 0 Å². The van der Waals surface area contributed by atoms with Gasteiger partial charge >= 0.3 is 0 Å². The summed E-state index contributed by atoms with van der Waals surface area (Å²) >= 11 is 11.4. The first-order valence-corrected chi connectivity index (χ1v) is 4.89. The number of nitrogens with one attached hydrogen (secondary N) is 1. The van der Waals surface area contributed by atoms with Gasteiger partial charge in [0.2, 0.25) is 0 Å². The van der Waals surface area contributed by atoms with Gasteiger partial charge in [0.15, 0.2) is 5.82 Å². The summed E-state index contributed by atoms with van der Waals surface area (Å²) in [4.78, 5) is 10.7. The third kappa shape index (κ3) is 1.89. The number of halogens is 2. The lowest BCUT2D eigenvalue weighted by Crippen LogP contribution is -1.87. The fourth-order valence-electron chi connectivity index (χ4n) is 1.11. The number of hydrogen-bond donors (Lipinski definition) is 1. The van der Waals surface area contributed by atoms with Gasteiger partial charge in [-0.1, -0.05) is 23.2 Å². The van der Waals surface area contributed by atoms with E-state index in [2.05, 4.69) is 15.0 Å². The molecule has 0 amide bonds. The Kier molecular flexibility index (Phi) is 2.70. The molecule has 0 bridgehead atoms. The quantitative estimate of drug-likeness (QED) is 0.802. The average molecular weight is 228 g/mol. The molecule has 2 aromatic rings. The lowest BCUT2D eigenvalue weighted by Gasteiger charge is -1.96. The molecular formula is C9H7Cl2N3. The van der Waals surface area contributed by atoms with E-state index in [1.165, 1.54) is 0 Å². The summed E-state index contributed by atoms with van der Waals surface area (Å²) in [5.41, 5.74) is 1.56. The van der Waals surface area contributed by atoms with E-state index in [0.29, 0.717) is 5.82 Å². The highest BCUT2D eigenvalue weighted by Crippen LogP contribution is 2.25. The number of hydrogen-bond acceptors (Lipinski definition) is 2. The molecule has 0 saturated carbocycles. The van der Waals surface area contributed by atoms with Crippen molar-refractivity contribution >= 4 is 23.2 Å². The highest BCUT2D eigenvalue weighted by molar-refractivity contribution is 6.43. The summed E-state index contributed by atoms with van der Waals surface area (Å²) in [5, 5.41) is 0. The molecule has 0 saturated heterocycles. The molecule has 3 nitrogen and oxygen atoms in total. The number of aromatic amines is 1. The van der Waals surface area contributed by atoms with Crippen LogP contribution in [0.15, 0.2) is 30.6 Å². The maximum atomic E-state index is 5.70. The van der Waals surface area contributed by atoms with Gasteiger partial charge in [-0.15, -0.1) is 0 Å². The fraction of sp³-hybridized carbons (Fsp3) is 0.111. The van der Waals surface area contributed by atoms with Gasteiger partial charge in [0.05, 0.1) is 5.69 Å². The fourth-order valence-corrected chi connectivity index (χ4v) is 1.36. The normalized spacial score (nSPS) is 10.8. The Balaban J connectivity index is 2.34. The minimum absolute atomic E-state index is 0.549. The molecule has 0 atom stereocenters. The van der Waals surface area contributed by atoms with Gasteiger partial charge in [-0.2, -0.15) is 0 Å². The molecule has 2 rings (SSSR count). The Morgan fingerprint density at radius 2 is 1.86 bits per heavy atom. The van der Waals surface area contributed by atoms with Gasteiger partial charge in [-0.25, -0.2) is 9.97 Å². The summed E-state index contributed by atoms with van der Waals surface area (Å²) in [6, 6.07) is 5.43. The Labute approximate surface area is 91.1 Å². The van der Waals surface area contributed by atoms with Crippen LogP contribution < -0.4 is 0 Å². The number of aromatic nitrogens is 3. The monoisotopic (exact) mass is 227 g/mol. The van der Waals surface area contributed by atoms with Crippen molar-refractivity contribution in [1.29, 1.82) is 0 Å². The predicted octanol–water partition coefficient (Wildman–Crippen LogP) is 2.95. The third-order valence-electron chi connectivity index (χ3n) is 1.75. The summed E-state index contributed by atoms with van der Waals surface area (Å²) in [6.45, 7) is 0. The lowest BCUT2D eigenvalue weighted by molar-refractivity contribution is 1.13. The van der Waals surface area contributed by atoms with Crippen LogP contribution in [0.2, 0.25) is 0 Å². The summed E-state index contributed by atoms with van der Waals surface area (Å²) in [7, 11) is 0. The van der Waals surface area contributed by atoms with E-state index in [1.807, 2.05) is 12.1 Å².